The summed E-state index contributed by atoms with van der Waals surface area (Å²) in [5.74, 6) is 0.125. The monoisotopic (exact) mass is 369 g/mol. The lowest BCUT2D eigenvalue weighted by Crippen LogP contribution is -2.34. The second-order valence-electron chi connectivity index (χ2n) is 5.21. The Morgan fingerprint density at radius 1 is 1.29 bits per heavy atom. The fourth-order valence-electron chi connectivity index (χ4n) is 2.21. The molecule has 0 bridgehead atoms. The molecule has 0 unspecified atom stereocenters. The van der Waals surface area contributed by atoms with Crippen LogP contribution in [0.25, 0.3) is 0 Å². The highest BCUT2D eigenvalue weighted by molar-refractivity contribution is 7.89. The fourth-order valence-corrected chi connectivity index (χ4v) is 5.12. The number of alkyl halides is 1. The number of sulfonamides is 1. The van der Waals surface area contributed by atoms with E-state index in [1.807, 2.05) is 6.92 Å². The quantitative estimate of drug-likeness (QED) is 0.653. The first-order chi connectivity index (χ1) is 9.91. The molecule has 21 heavy (non-hydrogen) atoms. The second kappa shape index (κ2) is 7.05. The molecule has 7 heteroatoms. The molecule has 1 fully saturated rings. The average Bonchev–Trinajstić information content (AvgIpc) is 3.25. The minimum Gasteiger partial charge on any atom is -0.207 e. The summed E-state index contributed by atoms with van der Waals surface area (Å²) < 4.78 is 27.4. The van der Waals surface area contributed by atoms with Gasteiger partial charge in [0.2, 0.25) is 10.0 Å². The number of hydrogen-bond donors (Lipinski definition) is 0. The number of nitrogens with zero attached hydrogens (tertiary/aromatic N) is 1. The Morgan fingerprint density at radius 2 is 1.95 bits per heavy atom. The minimum atomic E-state index is -3.64. The van der Waals surface area contributed by atoms with E-state index < -0.39 is 10.0 Å². The van der Waals surface area contributed by atoms with Gasteiger partial charge in [0.15, 0.2) is 0 Å². The van der Waals surface area contributed by atoms with E-state index in [4.69, 9.17) is 34.8 Å². The van der Waals surface area contributed by atoms with Crippen LogP contribution >= 0.6 is 34.8 Å². The van der Waals surface area contributed by atoms with Crippen molar-refractivity contribution in [1.82, 2.24) is 4.31 Å². The first kappa shape index (κ1) is 17.4. The molecule has 0 heterocycles. The van der Waals surface area contributed by atoms with E-state index in [0.717, 1.165) is 25.7 Å². The van der Waals surface area contributed by atoms with Crippen molar-refractivity contribution in [3.63, 3.8) is 0 Å². The molecule has 0 spiro atoms. The molecule has 1 aliphatic rings. The molecule has 3 nitrogen and oxygen atoms in total. The third-order valence-corrected chi connectivity index (χ3v) is 6.54. The van der Waals surface area contributed by atoms with Crippen molar-refractivity contribution in [2.75, 3.05) is 6.54 Å². The van der Waals surface area contributed by atoms with E-state index in [9.17, 15) is 8.42 Å². The predicted octanol–water partition coefficient (Wildman–Crippen LogP) is 4.69. The molecule has 1 aliphatic carbocycles. The van der Waals surface area contributed by atoms with E-state index in [0.29, 0.717) is 17.1 Å². The normalized spacial score (nSPS) is 15.7. The maximum Gasteiger partial charge on any atom is 0.244 e. The van der Waals surface area contributed by atoms with Crippen molar-refractivity contribution in [2.45, 2.75) is 49.4 Å². The van der Waals surface area contributed by atoms with Crippen molar-refractivity contribution in [1.29, 1.82) is 0 Å². The Bertz CT molecular complexity index is 615. The van der Waals surface area contributed by atoms with Gasteiger partial charge < -0.3 is 0 Å². The summed E-state index contributed by atoms with van der Waals surface area (Å²) in [5.41, 5.74) is 0.538. The summed E-state index contributed by atoms with van der Waals surface area (Å²) in [7, 11) is -3.64. The van der Waals surface area contributed by atoms with Crippen LogP contribution in [-0.2, 0) is 15.9 Å². The highest BCUT2D eigenvalue weighted by Crippen LogP contribution is 2.37. The third kappa shape index (κ3) is 3.85. The molecule has 0 aliphatic heterocycles. The molecular formula is C14H18Cl3NO2S. The topological polar surface area (TPSA) is 37.4 Å². The van der Waals surface area contributed by atoms with Gasteiger partial charge in [-0.1, -0.05) is 36.5 Å². The van der Waals surface area contributed by atoms with Crippen LogP contribution in [0.5, 0.6) is 0 Å². The lowest BCUT2D eigenvalue weighted by atomic mass is 10.2. The number of unbranched alkanes of at least 4 members (excludes halogenated alkanes) is 1. The van der Waals surface area contributed by atoms with Crippen LogP contribution in [0.3, 0.4) is 0 Å². The van der Waals surface area contributed by atoms with Gasteiger partial charge in [-0.25, -0.2) is 8.42 Å². The zero-order valence-corrected chi connectivity index (χ0v) is 14.9. The summed E-state index contributed by atoms with van der Waals surface area (Å²) in [6, 6.07) is 3.11. The highest BCUT2D eigenvalue weighted by Gasteiger charge is 2.38. The summed E-state index contributed by atoms with van der Waals surface area (Å²) in [4.78, 5) is 0.0651. The smallest absolute Gasteiger partial charge is 0.207 e. The zero-order valence-electron chi connectivity index (χ0n) is 11.8. The van der Waals surface area contributed by atoms with Crippen LogP contribution in [-0.4, -0.2) is 25.3 Å². The Balaban J connectivity index is 2.44. The molecule has 0 N–H and O–H groups in total. The summed E-state index contributed by atoms with van der Waals surface area (Å²) >= 11 is 18.0. The average molecular weight is 371 g/mol. The zero-order chi connectivity index (χ0) is 15.6. The van der Waals surface area contributed by atoms with Crippen LogP contribution in [0.4, 0.5) is 0 Å². The van der Waals surface area contributed by atoms with Gasteiger partial charge in [0, 0.05) is 23.5 Å². The number of rotatable bonds is 7. The van der Waals surface area contributed by atoms with Crippen molar-refractivity contribution >= 4 is 44.8 Å². The van der Waals surface area contributed by atoms with Gasteiger partial charge in [-0.15, -0.1) is 11.6 Å². The van der Waals surface area contributed by atoms with Crippen LogP contribution < -0.4 is 0 Å². The van der Waals surface area contributed by atoms with Gasteiger partial charge in [0.05, 0.1) is 5.02 Å². The van der Waals surface area contributed by atoms with Crippen LogP contribution in [0, 0.1) is 0 Å². The van der Waals surface area contributed by atoms with E-state index >= 15 is 0 Å². The van der Waals surface area contributed by atoms with E-state index in [1.165, 1.54) is 6.07 Å². The van der Waals surface area contributed by atoms with E-state index in [1.54, 1.807) is 10.4 Å². The van der Waals surface area contributed by atoms with Crippen LogP contribution in [0.1, 0.15) is 38.2 Å². The molecule has 1 saturated carbocycles. The van der Waals surface area contributed by atoms with Crippen molar-refractivity contribution in [2.24, 2.45) is 0 Å². The molecule has 2 rings (SSSR count). The van der Waals surface area contributed by atoms with Crippen molar-refractivity contribution < 1.29 is 8.42 Å². The predicted molar refractivity (Wildman–Crippen MR) is 87.8 cm³/mol. The van der Waals surface area contributed by atoms with Crippen LogP contribution in [0.2, 0.25) is 10.0 Å². The van der Waals surface area contributed by atoms with E-state index in [-0.39, 0.29) is 21.8 Å². The summed E-state index contributed by atoms with van der Waals surface area (Å²) in [6.07, 6.45) is 3.58. The summed E-state index contributed by atoms with van der Waals surface area (Å²) in [5, 5.41) is 0.511. The van der Waals surface area contributed by atoms with Gasteiger partial charge >= 0.3 is 0 Å². The Kier molecular flexibility index (Phi) is 5.83. The van der Waals surface area contributed by atoms with E-state index in [2.05, 4.69) is 0 Å². The molecule has 118 valence electrons. The standard InChI is InChI=1S/C14H18Cl3NO2S/c1-2-3-6-18(12-4-5-12)21(19,20)13-8-11(16)7-10(9-15)14(13)17/h7-8,12H,2-6,9H2,1H3. The Labute approximate surface area is 141 Å². The molecule has 0 radical (unpaired) electrons. The molecule has 0 aromatic heterocycles. The first-order valence-electron chi connectivity index (χ1n) is 6.97. The first-order valence-corrected chi connectivity index (χ1v) is 9.70. The van der Waals surface area contributed by atoms with Gasteiger partial charge in [0.1, 0.15) is 4.90 Å². The van der Waals surface area contributed by atoms with Crippen LogP contribution in [0.15, 0.2) is 17.0 Å². The highest BCUT2D eigenvalue weighted by atomic mass is 35.5. The van der Waals surface area contributed by atoms with Gasteiger partial charge in [-0.3, -0.25) is 0 Å². The van der Waals surface area contributed by atoms with Crippen molar-refractivity contribution in [3.05, 3.63) is 27.7 Å². The molecule has 1 aromatic rings. The number of halogens is 3. The van der Waals surface area contributed by atoms with Crippen molar-refractivity contribution in [3.8, 4) is 0 Å². The maximum atomic E-state index is 12.9. The molecule has 0 atom stereocenters. The molecular weight excluding hydrogens is 353 g/mol. The molecule has 0 amide bonds. The Morgan fingerprint density at radius 3 is 2.48 bits per heavy atom. The Hall–Kier alpha value is -0.000000000000000111. The number of hydrogen-bond acceptors (Lipinski definition) is 2. The lowest BCUT2D eigenvalue weighted by molar-refractivity contribution is 0.395. The SMILES string of the molecule is CCCCN(C1CC1)S(=O)(=O)c1cc(Cl)cc(CCl)c1Cl. The van der Waals surface area contributed by atoms with Gasteiger partial charge in [0.25, 0.3) is 0 Å². The van der Waals surface area contributed by atoms with Gasteiger partial charge in [-0.2, -0.15) is 4.31 Å². The number of benzene rings is 1. The lowest BCUT2D eigenvalue weighted by Gasteiger charge is -2.23. The molecule has 1 aromatic carbocycles. The summed E-state index contributed by atoms with van der Waals surface area (Å²) in [6.45, 7) is 2.55. The second-order valence-corrected chi connectivity index (χ2v) is 8.15. The third-order valence-electron chi connectivity index (χ3n) is 3.50. The minimum absolute atomic E-state index is 0.0651. The largest absolute Gasteiger partial charge is 0.244 e. The molecule has 0 saturated heterocycles. The fraction of sp³-hybridized carbons (Fsp3) is 0.571. The maximum absolute atomic E-state index is 12.9. The van der Waals surface area contributed by atoms with Gasteiger partial charge in [-0.05, 0) is 37.0 Å².